The van der Waals surface area contributed by atoms with Crippen LogP contribution in [0.5, 0.6) is 0 Å². The summed E-state index contributed by atoms with van der Waals surface area (Å²) in [5, 5.41) is 7.11. The number of amides is 1. The number of benzene rings is 3. The van der Waals surface area contributed by atoms with Crippen LogP contribution in [0.3, 0.4) is 0 Å². The molecule has 0 spiro atoms. The minimum absolute atomic E-state index is 0.184. The van der Waals surface area contributed by atoms with E-state index in [0.29, 0.717) is 35.9 Å². The highest BCUT2D eigenvalue weighted by molar-refractivity contribution is 6.00. The van der Waals surface area contributed by atoms with E-state index >= 15 is 0 Å². The topological polar surface area (TPSA) is 85.8 Å². The van der Waals surface area contributed by atoms with Gasteiger partial charge in [0.2, 0.25) is 5.89 Å². The molecule has 0 radical (unpaired) electrons. The summed E-state index contributed by atoms with van der Waals surface area (Å²) >= 11 is 0. The Morgan fingerprint density at radius 2 is 1.67 bits per heavy atom. The third-order valence-electron chi connectivity index (χ3n) is 5.25. The predicted octanol–water partition coefficient (Wildman–Crippen LogP) is 4.58. The second-order valence-corrected chi connectivity index (χ2v) is 7.53. The fourth-order valence-corrected chi connectivity index (χ4v) is 3.54. The van der Waals surface area contributed by atoms with Gasteiger partial charge in [0.15, 0.2) is 5.76 Å². The van der Waals surface area contributed by atoms with Crippen molar-refractivity contribution < 1.29 is 9.21 Å². The standard InChI is InChI=1S/C26H21N5O2/c32-25(28-14-19-10-12-20(13-11-19)16-31-18-27-17-30-31)22-8-4-5-9-23(22)26-29-15-24(33-26)21-6-2-1-3-7-21/h1-13,15,17-18H,14,16H2,(H,28,32). The molecule has 7 heteroatoms. The lowest BCUT2D eigenvalue weighted by atomic mass is 10.1. The highest BCUT2D eigenvalue weighted by Gasteiger charge is 2.16. The first-order valence-corrected chi connectivity index (χ1v) is 10.6. The Labute approximate surface area is 190 Å². The summed E-state index contributed by atoms with van der Waals surface area (Å²) in [5.74, 6) is 0.889. The van der Waals surface area contributed by atoms with Crippen molar-refractivity contribution in [3.8, 4) is 22.8 Å². The van der Waals surface area contributed by atoms with E-state index in [4.69, 9.17) is 4.42 Å². The van der Waals surface area contributed by atoms with E-state index in [1.807, 2.05) is 72.8 Å². The molecule has 162 valence electrons. The average molecular weight is 435 g/mol. The van der Waals surface area contributed by atoms with Gasteiger partial charge in [-0.1, -0.05) is 66.7 Å². The highest BCUT2D eigenvalue weighted by Crippen LogP contribution is 2.28. The van der Waals surface area contributed by atoms with E-state index in [0.717, 1.165) is 16.7 Å². The van der Waals surface area contributed by atoms with Crippen molar-refractivity contribution in [2.45, 2.75) is 13.1 Å². The summed E-state index contributed by atoms with van der Waals surface area (Å²) in [6, 6.07) is 25.1. The number of nitrogens with zero attached hydrogens (tertiary/aromatic N) is 4. The third-order valence-corrected chi connectivity index (χ3v) is 5.25. The lowest BCUT2D eigenvalue weighted by Crippen LogP contribution is -2.23. The first-order chi connectivity index (χ1) is 16.3. The predicted molar refractivity (Wildman–Crippen MR) is 124 cm³/mol. The van der Waals surface area contributed by atoms with Gasteiger partial charge in [0.1, 0.15) is 12.7 Å². The number of nitrogens with one attached hydrogen (secondary N) is 1. The van der Waals surface area contributed by atoms with E-state index in [1.54, 1.807) is 23.3 Å². The number of rotatable bonds is 7. The molecule has 33 heavy (non-hydrogen) atoms. The first kappa shape index (κ1) is 20.4. The van der Waals surface area contributed by atoms with Gasteiger partial charge >= 0.3 is 0 Å². The molecule has 2 heterocycles. The van der Waals surface area contributed by atoms with Gasteiger partial charge in [0.05, 0.1) is 18.3 Å². The van der Waals surface area contributed by atoms with Gasteiger partial charge in [0, 0.05) is 17.7 Å². The van der Waals surface area contributed by atoms with Crippen LogP contribution in [0.2, 0.25) is 0 Å². The molecule has 0 unspecified atom stereocenters. The van der Waals surface area contributed by atoms with Crippen molar-refractivity contribution in [3.63, 3.8) is 0 Å². The quantitative estimate of drug-likeness (QED) is 0.404. The molecule has 0 aliphatic rings. The zero-order chi connectivity index (χ0) is 22.5. The van der Waals surface area contributed by atoms with Crippen molar-refractivity contribution in [1.29, 1.82) is 0 Å². The van der Waals surface area contributed by atoms with Gasteiger partial charge in [-0.15, -0.1) is 0 Å². The molecule has 0 fully saturated rings. The average Bonchev–Trinajstić information content (AvgIpc) is 3.57. The summed E-state index contributed by atoms with van der Waals surface area (Å²) in [5.41, 5.74) is 4.22. The van der Waals surface area contributed by atoms with Crippen molar-refractivity contribution in [1.82, 2.24) is 25.1 Å². The number of oxazole rings is 1. The van der Waals surface area contributed by atoms with E-state index in [1.165, 1.54) is 6.33 Å². The van der Waals surface area contributed by atoms with Crippen LogP contribution in [0.15, 0.2) is 102 Å². The summed E-state index contributed by atoms with van der Waals surface area (Å²) in [6.07, 6.45) is 4.88. The minimum Gasteiger partial charge on any atom is -0.436 e. The van der Waals surface area contributed by atoms with E-state index in [2.05, 4.69) is 20.4 Å². The summed E-state index contributed by atoms with van der Waals surface area (Å²) in [6.45, 7) is 1.07. The Bertz CT molecular complexity index is 1340. The molecule has 3 aromatic carbocycles. The molecule has 2 aromatic heterocycles. The van der Waals surface area contributed by atoms with Crippen LogP contribution >= 0.6 is 0 Å². The van der Waals surface area contributed by atoms with Gasteiger partial charge in [-0.2, -0.15) is 5.10 Å². The van der Waals surface area contributed by atoms with E-state index in [9.17, 15) is 4.79 Å². The lowest BCUT2D eigenvalue weighted by Gasteiger charge is -2.09. The van der Waals surface area contributed by atoms with Gasteiger partial charge in [-0.3, -0.25) is 4.79 Å². The Balaban J connectivity index is 1.28. The normalized spacial score (nSPS) is 10.8. The molecule has 5 rings (SSSR count). The number of hydrogen-bond acceptors (Lipinski definition) is 5. The summed E-state index contributed by atoms with van der Waals surface area (Å²) in [7, 11) is 0. The van der Waals surface area contributed by atoms with Gasteiger partial charge < -0.3 is 9.73 Å². The second-order valence-electron chi connectivity index (χ2n) is 7.53. The monoisotopic (exact) mass is 435 g/mol. The highest BCUT2D eigenvalue weighted by atomic mass is 16.4. The molecular formula is C26H21N5O2. The van der Waals surface area contributed by atoms with Crippen LogP contribution in [0.1, 0.15) is 21.5 Å². The molecule has 0 saturated carbocycles. The molecule has 0 saturated heterocycles. The molecule has 7 nitrogen and oxygen atoms in total. The lowest BCUT2D eigenvalue weighted by molar-refractivity contribution is 0.0951. The van der Waals surface area contributed by atoms with Crippen LogP contribution in [0.4, 0.5) is 0 Å². The summed E-state index contributed by atoms with van der Waals surface area (Å²) < 4.78 is 7.73. The Morgan fingerprint density at radius 1 is 0.909 bits per heavy atom. The van der Waals surface area contributed by atoms with Crippen molar-refractivity contribution in [3.05, 3.63) is 114 Å². The zero-order valence-corrected chi connectivity index (χ0v) is 17.8. The molecule has 0 aliphatic carbocycles. The number of aromatic nitrogens is 4. The summed E-state index contributed by atoms with van der Waals surface area (Å²) in [4.78, 5) is 21.3. The second kappa shape index (κ2) is 9.32. The van der Waals surface area contributed by atoms with Crippen LogP contribution in [0.25, 0.3) is 22.8 Å². The van der Waals surface area contributed by atoms with Crippen molar-refractivity contribution >= 4 is 5.91 Å². The van der Waals surface area contributed by atoms with Crippen LogP contribution in [-0.4, -0.2) is 25.7 Å². The number of hydrogen-bond donors (Lipinski definition) is 1. The molecule has 0 aliphatic heterocycles. The molecule has 0 bridgehead atoms. The van der Waals surface area contributed by atoms with Gasteiger partial charge in [0.25, 0.3) is 5.91 Å². The van der Waals surface area contributed by atoms with Gasteiger partial charge in [-0.05, 0) is 23.3 Å². The number of carbonyl (C=O) groups is 1. The number of carbonyl (C=O) groups excluding carboxylic acids is 1. The van der Waals surface area contributed by atoms with Crippen LogP contribution in [-0.2, 0) is 13.1 Å². The largest absolute Gasteiger partial charge is 0.436 e. The molecule has 5 aromatic rings. The SMILES string of the molecule is O=C(NCc1ccc(Cn2cncn2)cc1)c1ccccc1-c1ncc(-c2ccccc2)o1. The maximum Gasteiger partial charge on any atom is 0.252 e. The third kappa shape index (κ3) is 4.72. The fourth-order valence-electron chi connectivity index (χ4n) is 3.54. The minimum atomic E-state index is -0.184. The zero-order valence-electron chi connectivity index (χ0n) is 17.8. The fraction of sp³-hybridized carbons (Fsp3) is 0.0769. The van der Waals surface area contributed by atoms with Crippen molar-refractivity contribution in [2.75, 3.05) is 0 Å². The molecular weight excluding hydrogens is 414 g/mol. The Kier molecular flexibility index (Phi) is 5.75. The maximum absolute atomic E-state index is 13.0. The van der Waals surface area contributed by atoms with Crippen molar-refractivity contribution in [2.24, 2.45) is 0 Å². The Morgan fingerprint density at radius 3 is 2.45 bits per heavy atom. The van der Waals surface area contributed by atoms with E-state index in [-0.39, 0.29) is 5.91 Å². The molecule has 1 amide bonds. The smallest absolute Gasteiger partial charge is 0.252 e. The van der Waals surface area contributed by atoms with Crippen LogP contribution in [0, 0.1) is 0 Å². The Hall–Kier alpha value is -4.52. The molecule has 1 N–H and O–H groups in total. The maximum atomic E-state index is 13.0. The van der Waals surface area contributed by atoms with Gasteiger partial charge in [-0.25, -0.2) is 14.6 Å². The molecule has 0 atom stereocenters. The van der Waals surface area contributed by atoms with E-state index < -0.39 is 0 Å². The first-order valence-electron chi connectivity index (χ1n) is 10.6. The van der Waals surface area contributed by atoms with Crippen LogP contribution < -0.4 is 5.32 Å².